The average molecular weight is 336 g/mol. The number of fused-ring (bicyclic) bond motifs is 1. The molecule has 1 N–H and O–H groups in total. The number of benzene rings is 2. The zero-order valence-corrected chi connectivity index (χ0v) is 13.9. The van der Waals surface area contributed by atoms with Crippen LogP contribution in [0.1, 0.15) is 16.8 Å². The third-order valence-electron chi connectivity index (χ3n) is 3.96. The molecule has 5 nitrogen and oxygen atoms in total. The minimum Gasteiger partial charge on any atom is -0.484 e. The Labute approximate surface area is 146 Å². The molecule has 0 saturated heterocycles. The van der Waals surface area contributed by atoms with Crippen LogP contribution in [0.4, 0.5) is 0 Å². The van der Waals surface area contributed by atoms with Crippen molar-refractivity contribution in [3.8, 4) is 5.75 Å². The molecule has 0 aliphatic heterocycles. The highest BCUT2D eigenvalue weighted by Gasteiger charge is 2.03. The number of amides is 1. The molecule has 5 heteroatoms. The number of nitrogens with zero attached hydrogens (tertiary/aromatic N) is 1. The molecular weight excluding hydrogens is 316 g/mol. The van der Waals surface area contributed by atoms with Crippen LogP contribution in [0.25, 0.3) is 10.9 Å². The Morgan fingerprint density at radius 3 is 2.68 bits per heavy atom. The molecule has 0 atom stereocenters. The Morgan fingerprint density at radius 1 is 1.08 bits per heavy atom. The fraction of sp³-hybridized carbons (Fsp3) is 0.200. The molecule has 2 aromatic carbocycles. The van der Waals surface area contributed by atoms with Gasteiger partial charge in [-0.3, -0.25) is 9.59 Å². The summed E-state index contributed by atoms with van der Waals surface area (Å²) in [5.41, 5.74) is 1.78. The molecule has 0 unspecified atom stereocenters. The van der Waals surface area contributed by atoms with Crippen molar-refractivity contribution >= 4 is 23.1 Å². The molecule has 0 bridgehead atoms. The first-order chi connectivity index (χ1) is 12.3. The summed E-state index contributed by atoms with van der Waals surface area (Å²) >= 11 is 0. The Balaban J connectivity index is 1.38. The molecular formula is C20H20N2O3. The van der Waals surface area contributed by atoms with E-state index in [-0.39, 0.29) is 12.5 Å². The Hall–Kier alpha value is -3.08. The van der Waals surface area contributed by atoms with E-state index in [9.17, 15) is 9.59 Å². The van der Waals surface area contributed by atoms with Gasteiger partial charge in [-0.15, -0.1) is 0 Å². The zero-order chi connectivity index (χ0) is 17.5. The van der Waals surface area contributed by atoms with E-state index in [2.05, 4.69) is 34.3 Å². The molecule has 3 aromatic rings. The first kappa shape index (κ1) is 16.8. The summed E-state index contributed by atoms with van der Waals surface area (Å²) in [4.78, 5) is 22.4. The second-order valence-corrected chi connectivity index (χ2v) is 5.75. The lowest BCUT2D eigenvalue weighted by Gasteiger charge is -2.09. The maximum absolute atomic E-state index is 11.8. The molecule has 1 amide bonds. The van der Waals surface area contributed by atoms with Crippen molar-refractivity contribution in [2.24, 2.45) is 0 Å². The van der Waals surface area contributed by atoms with Crippen LogP contribution in [-0.2, 0) is 11.3 Å². The zero-order valence-electron chi connectivity index (χ0n) is 13.9. The van der Waals surface area contributed by atoms with Crippen LogP contribution in [0.3, 0.4) is 0 Å². The molecule has 0 radical (unpaired) electrons. The molecule has 0 spiro atoms. The fourth-order valence-electron chi connectivity index (χ4n) is 2.66. The summed E-state index contributed by atoms with van der Waals surface area (Å²) in [7, 11) is 0. The molecule has 1 aromatic heterocycles. The topological polar surface area (TPSA) is 60.3 Å². The van der Waals surface area contributed by atoms with Gasteiger partial charge >= 0.3 is 0 Å². The van der Waals surface area contributed by atoms with Crippen molar-refractivity contribution in [2.45, 2.75) is 13.0 Å². The van der Waals surface area contributed by atoms with Crippen molar-refractivity contribution in [2.75, 3.05) is 13.2 Å². The summed E-state index contributed by atoms with van der Waals surface area (Å²) < 4.78 is 7.58. The molecule has 0 aliphatic rings. The van der Waals surface area contributed by atoms with Crippen LogP contribution in [0, 0.1) is 0 Å². The number of aromatic nitrogens is 1. The third-order valence-corrected chi connectivity index (χ3v) is 3.96. The van der Waals surface area contributed by atoms with Crippen LogP contribution in [0.5, 0.6) is 5.75 Å². The summed E-state index contributed by atoms with van der Waals surface area (Å²) in [6.07, 6.45) is 3.68. The predicted octanol–water partition coefficient (Wildman–Crippen LogP) is 3.04. The minimum absolute atomic E-state index is 0.0348. The van der Waals surface area contributed by atoms with Gasteiger partial charge in [-0.05, 0) is 48.2 Å². The van der Waals surface area contributed by atoms with Gasteiger partial charge in [-0.25, -0.2) is 0 Å². The van der Waals surface area contributed by atoms with Crippen molar-refractivity contribution in [3.63, 3.8) is 0 Å². The largest absolute Gasteiger partial charge is 0.484 e. The molecule has 1 heterocycles. The number of carbonyl (C=O) groups excluding carboxylic acids is 2. The number of carbonyl (C=O) groups is 2. The standard InChI is InChI=1S/C20H20N2O3/c23-14-16-6-8-18(9-7-16)25-15-20(24)21-11-3-12-22-13-10-17-4-1-2-5-19(17)22/h1-2,4-10,13-14H,3,11-12,15H2,(H,21,24). The van der Waals surface area contributed by atoms with E-state index in [0.717, 1.165) is 19.3 Å². The second kappa shape index (κ2) is 8.15. The highest BCUT2D eigenvalue weighted by molar-refractivity contribution is 5.80. The number of aryl methyl sites for hydroxylation is 1. The quantitative estimate of drug-likeness (QED) is 0.508. The molecule has 0 saturated carbocycles. The minimum atomic E-state index is -0.156. The highest BCUT2D eigenvalue weighted by atomic mass is 16.5. The van der Waals surface area contributed by atoms with Gasteiger partial charge in [0.25, 0.3) is 5.91 Å². The van der Waals surface area contributed by atoms with Crippen molar-refractivity contribution in [1.29, 1.82) is 0 Å². The molecule has 3 rings (SSSR count). The Bertz CT molecular complexity index is 853. The van der Waals surface area contributed by atoms with E-state index < -0.39 is 0 Å². The van der Waals surface area contributed by atoms with Gasteiger partial charge in [0.05, 0.1) is 0 Å². The highest BCUT2D eigenvalue weighted by Crippen LogP contribution is 2.15. The van der Waals surface area contributed by atoms with E-state index in [4.69, 9.17) is 4.74 Å². The van der Waals surface area contributed by atoms with Crippen molar-refractivity contribution in [1.82, 2.24) is 9.88 Å². The van der Waals surface area contributed by atoms with Gasteiger partial charge in [0.1, 0.15) is 12.0 Å². The number of hydrogen-bond donors (Lipinski definition) is 1. The van der Waals surface area contributed by atoms with Crippen LogP contribution in [-0.4, -0.2) is 29.9 Å². The van der Waals surface area contributed by atoms with Crippen LogP contribution in [0.2, 0.25) is 0 Å². The predicted molar refractivity (Wildman–Crippen MR) is 96.9 cm³/mol. The lowest BCUT2D eigenvalue weighted by molar-refractivity contribution is -0.123. The Kier molecular flexibility index (Phi) is 5.46. The number of rotatable bonds is 8. The summed E-state index contributed by atoms with van der Waals surface area (Å²) in [6.45, 7) is 1.41. The first-order valence-electron chi connectivity index (χ1n) is 8.25. The van der Waals surface area contributed by atoms with Crippen LogP contribution >= 0.6 is 0 Å². The number of aldehydes is 1. The molecule has 25 heavy (non-hydrogen) atoms. The summed E-state index contributed by atoms with van der Waals surface area (Å²) in [6, 6.07) is 17.0. The lowest BCUT2D eigenvalue weighted by atomic mass is 10.2. The normalized spacial score (nSPS) is 10.6. The smallest absolute Gasteiger partial charge is 0.257 e. The number of ether oxygens (including phenoxy) is 1. The number of para-hydroxylation sites is 1. The van der Waals surface area contributed by atoms with Gasteiger partial charge in [0.2, 0.25) is 0 Å². The maximum Gasteiger partial charge on any atom is 0.257 e. The maximum atomic E-state index is 11.8. The number of nitrogens with one attached hydrogen (secondary N) is 1. The van der Waals surface area contributed by atoms with Gasteiger partial charge in [-0.2, -0.15) is 0 Å². The fourth-order valence-corrected chi connectivity index (χ4v) is 2.66. The van der Waals surface area contributed by atoms with E-state index in [1.54, 1.807) is 24.3 Å². The van der Waals surface area contributed by atoms with Gasteiger partial charge in [-0.1, -0.05) is 18.2 Å². The number of hydrogen-bond acceptors (Lipinski definition) is 3. The van der Waals surface area contributed by atoms with Crippen LogP contribution in [0.15, 0.2) is 60.8 Å². The third kappa shape index (κ3) is 4.47. The van der Waals surface area contributed by atoms with E-state index in [1.807, 2.05) is 12.1 Å². The second-order valence-electron chi connectivity index (χ2n) is 5.75. The monoisotopic (exact) mass is 336 g/mol. The lowest BCUT2D eigenvalue weighted by Crippen LogP contribution is -2.30. The van der Waals surface area contributed by atoms with E-state index in [0.29, 0.717) is 17.9 Å². The van der Waals surface area contributed by atoms with Crippen molar-refractivity contribution in [3.05, 3.63) is 66.4 Å². The van der Waals surface area contributed by atoms with E-state index in [1.165, 1.54) is 10.9 Å². The summed E-state index contributed by atoms with van der Waals surface area (Å²) in [5, 5.41) is 4.08. The molecule has 0 fully saturated rings. The van der Waals surface area contributed by atoms with Gasteiger partial charge in [0, 0.05) is 30.4 Å². The van der Waals surface area contributed by atoms with Crippen molar-refractivity contribution < 1.29 is 14.3 Å². The average Bonchev–Trinajstić information content (AvgIpc) is 3.07. The Morgan fingerprint density at radius 2 is 1.88 bits per heavy atom. The SMILES string of the molecule is O=Cc1ccc(OCC(=O)NCCCn2ccc3ccccc32)cc1. The van der Waals surface area contributed by atoms with E-state index >= 15 is 0 Å². The van der Waals surface area contributed by atoms with Gasteiger partial charge in [0.15, 0.2) is 6.61 Å². The molecule has 128 valence electrons. The first-order valence-corrected chi connectivity index (χ1v) is 8.25. The van der Waals surface area contributed by atoms with Gasteiger partial charge < -0.3 is 14.6 Å². The molecule has 0 aliphatic carbocycles. The summed E-state index contributed by atoms with van der Waals surface area (Å²) in [5.74, 6) is 0.413. The van der Waals surface area contributed by atoms with Crippen LogP contribution < -0.4 is 10.1 Å².